The molecule has 1 saturated heterocycles. The van der Waals surface area contributed by atoms with Crippen LogP contribution < -0.4 is 4.90 Å². The molecule has 1 aliphatic heterocycles. The number of rotatable bonds is 4. The first-order chi connectivity index (χ1) is 12.4. The third-order valence-corrected chi connectivity index (χ3v) is 3.85. The van der Waals surface area contributed by atoms with Gasteiger partial charge >= 0.3 is 6.18 Å². The quantitative estimate of drug-likeness (QED) is 0.617. The van der Waals surface area contributed by atoms with Crippen LogP contribution in [-0.4, -0.2) is 42.1 Å². The van der Waals surface area contributed by atoms with Crippen LogP contribution in [0, 0.1) is 0 Å². The molecule has 0 N–H and O–H groups in total. The summed E-state index contributed by atoms with van der Waals surface area (Å²) >= 11 is 0. The number of alkyl halides is 3. The molecule has 5 nitrogen and oxygen atoms in total. The Balaban J connectivity index is 1.68. The average molecular weight is 363 g/mol. The fraction of sp³-hybridized carbons (Fsp3) is 0.278. The molecule has 1 fully saturated rings. The Morgan fingerprint density at radius 1 is 1.15 bits per heavy atom. The zero-order valence-corrected chi connectivity index (χ0v) is 13.7. The lowest BCUT2D eigenvalue weighted by molar-refractivity contribution is -0.137. The van der Waals surface area contributed by atoms with E-state index < -0.39 is 17.5 Å². The van der Waals surface area contributed by atoms with Gasteiger partial charge in [0.05, 0.1) is 18.8 Å². The summed E-state index contributed by atoms with van der Waals surface area (Å²) in [7, 11) is 0. The van der Waals surface area contributed by atoms with E-state index in [-0.39, 0.29) is 5.56 Å². The van der Waals surface area contributed by atoms with Crippen LogP contribution in [0.3, 0.4) is 0 Å². The molecular formula is C18H16F3N3O2. The first-order valence-electron chi connectivity index (χ1n) is 7.98. The normalized spacial score (nSPS) is 15.4. The van der Waals surface area contributed by atoms with Gasteiger partial charge in [-0.2, -0.15) is 13.2 Å². The minimum absolute atomic E-state index is 0.0260. The summed E-state index contributed by atoms with van der Waals surface area (Å²) in [5.74, 6) is 0.0583. The molecule has 8 heteroatoms. The van der Waals surface area contributed by atoms with Crippen molar-refractivity contribution in [2.75, 3.05) is 31.2 Å². The van der Waals surface area contributed by atoms with Crippen LogP contribution in [0.1, 0.15) is 21.5 Å². The van der Waals surface area contributed by atoms with Gasteiger partial charge in [-0.25, -0.2) is 9.97 Å². The molecule has 2 heterocycles. The molecule has 0 unspecified atom stereocenters. The maximum atomic E-state index is 12.7. The van der Waals surface area contributed by atoms with Crippen LogP contribution in [0.4, 0.5) is 19.1 Å². The number of nitrogens with zero attached hydrogens (tertiary/aromatic N) is 3. The lowest BCUT2D eigenvalue weighted by Gasteiger charge is -2.26. The number of hydrogen-bond donors (Lipinski definition) is 0. The topological polar surface area (TPSA) is 55.3 Å². The highest BCUT2D eigenvalue weighted by atomic mass is 19.4. The monoisotopic (exact) mass is 363 g/mol. The Bertz CT molecular complexity index is 798. The minimum atomic E-state index is -4.48. The van der Waals surface area contributed by atoms with Crippen molar-refractivity contribution in [3.63, 3.8) is 0 Å². The SMILES string of the molecule is O=C(/C=C/c1cnc(N2CCOCC2)nc1)c1cccc(C(F)(F)F)c1. The molecule has 1 aromatic heterocycles. The van der Waals surface area contributed by atoms with Crippen LogP contribution in [0.25, 0.3) is 6.08 Å². The second-order valence-electron chi connectivity index (χ2n) is 5.69. The molecule has 1 aliphatic rings. The number of halogens is 3. The Morgan fingerprint density at radius 2 is 1.85 bits per heavy atom. The van der Waals surface area contributed by atoms with Gasteiger partial charge in [-0.3, -0.25) is 4.79 Å². The molecule has 136 valence electrons. The summed E-state index contributed by atoms with van der Waals surface area (Å²) in [5.41, 5.74) is -0.292. The summed E-state index contributed by atoms with van der Waals surface area (Å²) in [6.45, 7) is 2.67. The highest BCUT2D eigenvalue weighted by Gasteiger charge is 2.30. The van der Waals surface area contributed by atoms with Gasteiger partial charge < -0.3 is 9.64 Å². The van der Waals surface area contributed by atoms with Crippen molar-refractivity contribution in [1.82, 2.24) is 9.97 Å². The smallest absolute Gasteiger partial charge is 0.378 e. The summed E-state index contributed by atoms with van der Waals surface area (Å²) in [6.07, 6.45) is 1.33. The number of morpholine rings is 1. The second kappa shape index (κ2) is 7.65. The third kappa shape index (κ3) is 4.45. The van der Waals surface area contributed by atoms with Gasteiger partial charge in [0, 0.05) is 36.6 Å². The molecule has 3 rings (SSSR count). The Kier molecular flexibility index (Phi) is 5.32. The molecule has 0 aliphatic carbocycles. The van der Waals surface area contributed by atoms with Gasteiger partial charge in [0.1, 0.15) is 0 Å². The Hall–Kier alpha value is -2.74. The van der Waals surface area contributed by atoms with E-state index in [1.54, 1.807) is 12.4 Å². The number of ether oxygens (including phenoxy) is 1. The fourth-order valence-corrected chi connectivity index (χ4v) is 2.46. The molecule has 0 atom stereocenters. The van der Waals surface area contributed by atoms with Crippen LogP contribution in [0.15, 0.2) is 42.7 Å². The van der Waals surface area contributed by atoms with Crippen molar-refractivity contribution in [3.05, 3.63) is 59.4 Å². The molecule has 0 radical (unpaired) electrons. The van der Waals surface area contributed by atoms with Gasteiger partial charge in [0.15, 0.2) is 5.78 Å². The van der Waals surface area contributed by atoms with Crippen molar-refractivity contribution in [3.8, 4) is 0 Å². The predicted molar refractivity (Wildman–Crippen MR) is 89.9 cm³/mol. The van der Waals surface area contributed by atoms with E-state index in [0.29, 0.717) is 37.8 Å². The number of carbonyl (C=O) groups is 1. The van der Waals surface area contributed by atoms with Crippen molar-refractivity contribution in [2.24, 2.45) is 0 Å². The molecular weight excluding hydrogens is 347 g/mol. The van der Waals surface area contributed by atoms with Gasteiger partial charge in [-0.05, 0) is 24.3 Å². The predicted octanol–water partition coefficient (Wildman–Crippen LogP) is 3.23. The zero-order valence-electron chi connectivity index (χ0n) is 13.7. The highest BCUT2D eigenvalue weighted by Crippen LogP contribution is 2.29. The van der Waals surface area contributed by atoms with Gasteiger partial charge in [-0.1, -0.05) is 12.1 Å². The standard InChI is InChI=1S/C18H16F3N3O2/c19-18(20,21)15-3-1-2-14(10-15)16(25)5-4-13-11-22-17(23-12-13)24-6-8-26-9-7-24/h1-5,10-12H,6-9H2/b5-4+. The number of allylic oxidation sites excluding steroid dienone is 1. The van der Waals surface area contributed by atoms with E-state index in [2.05, 4.69) is 9.97 Å². The first-order valence-corrected chi connectivity index (χ1v) is 7.98. The number of benzene rings is 1. The maximum Gasteiger partial charge on any atom is 0.416 e. The van der Waals surface area contributed by atoms with Crippen molar-refractivity contribution < 1.29 is 22.7 Å². The molecule has 26 heavy (non-hydrogen) atoms. The largest absolute Gasteiger partial charge is 0.416 e. The molecule has 0 spiro atoms. The van der Waals surface area contributed by atoms with Crippen molar-refractivity contribution in [1.29, 1.82) is 0 Å². The first kappa shape index (κ1) is 18.1. The number of hydrogen-bond acceptors (Lipinski definition) is 5. The second-order valence-corrected chi connectivity index (χ2v) is 5.69. The van der Waals surface area contributed by atoms with E-state index in [0.717, 1.165) is 12.1 Å². The Labute approximate surface area is 148 Å². The van der Waals surface area contributed by atoms with E-state index in [9.17, 15) is 18.0 Å². The molecule has 2 aromatic rings. The molecule has 1 aromatic carbocycles. The van der Waals surface area contributed by atoms with Gasteiger partial charge in [0.2, 0.25) is 5.95 Å². The van der Waals surface area contributed by atoms with E-state index in [4.69, 9.17) is 4.74 Å². The maximum absolute atomic E-state index is 12.7. The Morgan fingerprint density at radius 3 is 2.50 bits per heavy atom. The van der Waals surface area contributed by atoms with Crippen LogP contribution in [0.5, 0.6) is 0 Å². The molecule has 0 amide bonds. The fourth-order valence-electron chi connectivity index (χ4n) is 2.46. The number of carbonyl (C=O) groups excluding carboxylic acids is 1. The van der Waals surface area contributed by atoms with Crippen LogP contribution >= 0.6 is 0 Å². The average Bonchev–Trinajstić information content (AvgIpc) is 2.66. The highest BCUT2D eigenvalue weighted by molar-refractivity contribution is 6.06. The van der Waals surface area contributed by atoms with E-state index in [1.807, 2.05) is 4.90 Å². The van der Waals surface area contributed by atoms with Crippen molar-refractivity contribution in [2.45, 2.75) is 6.18 Å². The van der Waals surface area contributed by atoms with E-state index >= 15 is 0 Å². The van der Waals surface area contributed by atoms with Gasteiger partial charge in [0.25, 0.3) is 0 Å². The molecule has 0 bridgehead atoms. The summed E-state index contributed by atoms with van der Waals surface area (Å²) in [5, 5.41) is 0. The van der Waals surface area contributed by atoms with Crippen molar-refractivity contribution >= 4 is 17.8 Å². The lowest BCUT2D eigenvalue weighted by Crippen LogP contribution is -2.37. The number of anilines is 1. The van der Waals surface area contributed by atoms with Gasteiger partial charge in [-0.15, -0.1) is 0 Å². The minimum Gasteiger partial charge on any atom is -0.378 e. The summed E-state index contributed by atoms with van der Waals surface area (Å²) < 4.78 is 43.4. The third-order valence-electron chi connectivity index (χ3n) is 3.85. The summed E-state index contributed by atoms with van der Waals surface area (Å²) in [4.78, 5) is 22.6. The van der Waals surface area contributed by atoms with E-state index in [1.165, 1.54) is 24.3 Å². The lowest BCUT2D eigenvalue weighted by atomic mass is 10.1. The zero-order chi connectivity index (χ0) is 18.6. The summed E-state index contributed by atoms with van der Waals surface area (Å²) in [6, 6.07) is 4.33. The molecule has 0 saturated carbocycles. The number of aromatic nitrogens is 2. The van der Waals surface area contributed by atoms with Crippen LogP contribution in [0.2, 0.25) is 0 Å². The van der Waals surface area contributed by atoms with Crippen LogP contribution in [-0.2, 0) is 10.9 Å². The number of ketones is 1.